The summed E-state index contributed by atoms with van der Waals surface area (Å²) in [6.07, 6.45) is -2.67. The van der Waals surface area contributed by atoms with Crippen LogP contribution in [0.5, 0.6) is 11.5 Å². The topological polar surface area (TPSA) is 187 Å². The molecule has 13 nitrogen and oxygen atoms in total. The first-order valence-electron chi connectivity index (χ1n) is 18.2. The number of aliphatic hydroxyl groups excluding tert-OH is 1. The number of benzene rings is 3. The Bertz CT molecular complexity index is 2480. The van der Waals surface area contributed by atoms with Crippen LogP contribution in [0.25, 0.3) is 0 Å². The van der Waals surface area contributed by atoms with Gasteiger partial charge in [-0.25, -0.2) is 14.7 Å². The molecule has 304 valence electrons. The predicted octanol–water partition coefficient (Wildman–Crippen LogP) is 6.37. The van der Waals surface area contributed by atoms with Gasteiger partial charge in [-0.05, 0) is 60.7 Å². The van der Waals surface area contributed by atoms with E-state index in [1.807, 2.05) is 0 Å². The molecule has 4 aliphatic rings. The Morgan fingerprint density at radius 3 is 2.36 bits per heavy atom. The fraction of sp³-hybridized carbons (Fsp3) is 0.268. The van der Waals surface area contributed by atoms with Gasteiger partial charge in [0.25, 0.3) is 11.8 Å². The van der Waals surface area contributed by atoms with Crippen molar-refractivity contribution in [3.05, 3.63) is 123 Å². The van der Waals surface area contributed by atoms with Gasteiger partial charge in [-0.15, -0.1) is 0 Å². The summed E-state index contributed by atoms with van der Waals surface area (Å²) < 4.78 is 46.6. The summed E-state index contributed by atoms with van der Waals surface area (Å²) in [5, 5.41) is 30.1. The van der Waals surface area contributed by atoms with Crippen LogP contribution in [0.4, 0.5) is 24.7 Å². The zero-order chi connectivity index (χ0) is 42.1. The lowest BCUT2D eigenvalue weighted by Gasteiger charge is -2.50. The van der Waals surface area contributed by atoms with Gasteiger partial charge in [0.2, 0.25) is 11.8 Å². The number of carbonyl (C=O) groups excluding carboxylic acids is 4. The molecule has 0 bridgehead atoms. The van der Waals surface area contributed by atoms with Crippen molar-refractivity contribution in [2.75, 3.05) is 23.5 Å². The molecule has 3 fully saturated rings. The third kappa shape index (κ3) is 6.28. The maximum Gasteiger partial charge on any atom is 0.417 e. The Hall–Kier alpha value is -5.97. The molecule has 4 amide bonds. The highest BCUT2D eigenvalue weighted by atomic mass is 35.5. The molecule has 1 aromatic heterocycles. The first-order chi connectivity index (χ1) is 28.1. The van der Waals surface area contributed by atoms with Crippen molar-refractivity contribution in [2.24, 2.45) is 23.7 Å². The molecule has 0 radical (unpaired) electrons. The minimum atomic E-state index is -4.79. The highest BCUT2D eigenvalue weighted by molar-refractivity contribution is 6.33. The van der Waals surface area contributed by atoms with Crippen LogP contribution in [0.3, 0.4) is 0 Å². The molecule has 8 rings (SSSR count). The quantitative estimate of drug-likeness (QED) is 0.108. The molecular formula is C41H31Cl2F3N4O9. The molecule has 2 aliphatic heterocycles. The highest BCUT2D eigenvalue weighted by Crippen LogP contribution is 2.65. The van der Waals surface area contributed by atoms with Crippen LogP contribution in [0.1, 0.15) is 45.8 Å². The van der Waals surface area contributed by atoms with Crippen molar-refractivity contribution in [3.63, 3.8) is 0 Å². The number of carbonyl (C=O) groups is 5. The Kier molecular flexibility index (Phi) is 9.92. The van der Waals surface area contributed by atoms with Crippen molar-refractivity contribution in [1.29, 1.82) is 0 Å². The molecule has 6 unspecified atom stereocenters. The second-order valence-electron chi connectivity index (χ2n) is 14.5. The maximum atomic E-state index is 15.4. The van der Waals surface area contributed by atoms with E-state index >= 15 is 4.79 Å². The first-order valence-corrected chi connectivity index (χ1v) is 19.0. The highest BCUT2D eigenvalue weighted by Gasteiger charge is 2.71. The van der Waals surface area contributed by atoms with E-state index < -0.39 is 98.5 Å². The lowest BCUT2D eigenvalue weighted by molar-refractivity contribution is -0.139. The number of aromatic carboxylic acids is 1. The number of hydrazine groups is 1. The van der Waals surface area contributed by atoms with E-state index in [1.165, 1.54) is 18.2 Å². The Balaban J connectivity index is 1.31. The summed E-state index contributed by atoms with van der Waals surface area (Å²) in [7, 11) is 0. The average molecular weight is 852 g/mol. The molecule has 4 N–H and O–H groups in total. The lowest BCUT2D eigenvalue weighted by Crippen LogP contribution is -2.53. The SMILES string of the molecule is O=C(O)c1ccc(N2C(=O)C3CC=C4C(CC5C(=O)N(Nc6ncc(C(F)(F)F)cc6Cl)C(=O)C5(c5ccc(Cl)cc5)C4c4ccccc4OCCO)C3C2=O)cc1O. The van der Waals surface area contributed by atoms with Crippen LogP contribution >= 0.6 is 23.2 Å². The van der Waals surface area contributed by atoms with Crippen LogP contribution in [-0.4, -0.2) is 68.1 Å². The molecule has 6 atom stereocenters. The van der Waals surface area contributed by atoms with Gasteiger partial charge in [0.1, 0.15) is 23.7 Å². The average Bonchev–Trinajstić information content (AvgIpc) is 3.58. The molecule has 59 heavy (non-hydrogen) atoms. The smallest absolute Gasteiger partial charge is 0.417 e. The van der Waals surface area contributed by atoms with Gasteiger partial charge in [-0.3, -0.25) is 24.6 Å². The fourth-order valence-corrected chi connectivity index (χ4v) is 9.56. The summed E-state index contributed by atoms with van der Waals surface area (Å²) in [6, 6.07) is 16.8. The monoisotopic (exact) mass is 850 g/mol. The van der Waals surface area contributed by atoms with Gasteiger partial charge in [-0.2, -0.15) is 18.2 Å². The number of hydrogen-bond donors (Lipinski definition) is 4. The summed E-state index contributed by atoms with van der Waals surface area (Å²) in [5.41, 5.74) is 0.314. The zero-order valence-electron chi connectivity index (χ0n) is 30.3. The number of hydrogen-bond acceptors (Lipinski definition) is 10. The molecule has 18 heteroatoms. The normalized spacial score (nSPS) is 25.1. The Morgan fingerprint density at radius 2 is 1.69 bits per heavy atom. The predicted molar refractivity (Wildman–Crippen MR) is 203 cm³/mol. The number of fused-ring (bicyclic) bond motifs is 4. The van der Waals surface area contributed by atoms with Gasteiger partial charge in [0.05, 0.1) is 46.0 Å². The molecule has 2 aliphatic carbocycles. The molecule has 4 aromatic rings. The zero-order valence-corrected chi connectivity index (χ0v) is 31.8. The van der Waals surface area contributed by atoms with Crippen molar-refractivity contribution in [1.82, 2.24) is 9.99 Å². The summed E-state index contributed by atoms with van der Waals surface area (Å²) in [5.74, 6) is -10.5. The molecule has 2 saturated heterocycles. The van der Waals surface area contributed by atoms with E-state index in [9.17, 15) is 47.7 Å². The number of carboxylic acid groups (broad SMARTS) is 1. The van der Waals surface area contributed by atoms with Gasteiger partial charge in [0.15, 0.2) is 5.82 Å². The van der Waals surface area contributed by atoms with Crippen molar-refractivity contribution in [3.8, 4) is 11.5 Å². The van der Waals surface area contributed by atoms with Crippen LogP contribution in [0.15, 0.2) is 90.6 Å². The number of carboxylic acids is 1. The molecule has 1 saturated carbocycles. The van der Waals surface area contributed by atoms with E-state index in [0.717, 1.165) is 17.0 Å². The van der Waals surface area contributed by atoms with Crippen LogP contribution in [0, 0.1) is 23.7 Å². The number of imide groups is 2. The van der Waals surface area contributed by atoms with Gasteiger partial charge in [-0.1, -0.05) is 65.2 Å². The summed E-state index contributed by atoms with van der Waals surface area (Å²) >= 11 is 12.6. The number of nitrogens with zero attached hydrogens (tertiary/aromatic N) is 3. The third-order valence-electron chi connectivity index (χ3n) is 11.6. The van der Waals surface area contributed by atoms with Crippen LogP contribution in [0.2, 0.25) is 10.0 Å². The number of anilines is 2. The number of nitrogens with one attached hydrogen (secondary N) is 1. The standard InChI is InChI=1S/C41H31Cl2F3N4O9/c42-21-7-5-19(6-8-21)40-28(36(54)50(39(40)58)48-34-29(43)15-20(18-47-34)41(44,45)46)17-27-23(33(40)25-3-1-2-4-31(25)59-14-13-51)11-12-26-32(27)37(55)49(35(26)53)22-9-10-24(38(56)57)30(52)16-22/h1-11,15-16,18,26-28,32-33,51-52H,12-14,17H2,(H,47,48)(H,56,57). The number of aliphatic hydroxyl groups is 1. The number of amides is 4. The Morgan fingerprint density at radius 1 is 0.966 bits per heavy atom. The van der Waals surface area contributed by atoms with E-state index in [4.69, 9.17) is 27.9 Å². The number of phenols is 1. The summed E-state index contributed by atoms with van der Waals surface area (Å²) in [6.45, 7) is -0.521. The number of alkyl halides is 3. The second-order valence-corrected chi connectivity index (χ2v) is 15.4. The van der Waals surface area contributed by atoms with Gasteiger partial charge < -0.3 is 20.1 Å². The van der Waals surface area contributed by atoms with E-state index in [2.05, 4.69) is 10.4 Å². The molecule has 3 heterocycles. The maximum absolute atomic E-state index is 15.4. The largest absolute Gasteiger partial charge is 0.507 e. The van der Waals surface area contributed by atoms with Crippen LogP contribution in [-0.2, 0) is 30.8 Å². The summed E-state index contributed by atoms with van der Waals surface area (Å²) in [4.78, 5) is 75.3. The van der Waals surface area contributed by atoms with E-state index in [-0.39, 0.29) is 37.5 Å². The van der Waals surface area contributed by atoms with E-state index in [1.54, 1.807) is 42.5 Å². The number of pyridine rings is 1. The van der Waals surface area contributed by atoms with Crippen LogP contribution < -0.4 is 15.1 Å². The van der Waals surface area contributed by atoms with Crippen molar-refractivity contribution < 1.29 is 57.2 Å². The van der Waals surface area contributed by atoms with Gasteiger partial charge >= 0.3 is 12.1 Å². The number of rotatable bonds is 9. The number of ether oxygens (including phenoxy) is 1. The van der Waals surface area contributed by atoms with E-state index in [0.29, 0.717) is 39.0 Å². The van der Waals surface area contributed by atoms with Gasteiger partial charge in [0, 0.05) is 28.8 Å². The number of aromatic hydroxyl groups is 1. The number of aromatic nitrogens is 1. The molecule has 0 spiro atoms. The second kappa shape index (κ2) is 14.7. The first kappa shape index (κ1) is 39.8. The minimum Gasteiger partial charge on any atom is -0.507 e. The number of para-hydroxylation sites is 1. The molecule has 3 aromatic carbocycles. The van der Waals surface area contributed by atoms with Crippen molar-refractivity contribution in [2.45, 2.75) is 30.4 Å². The minimum absolute atomic E-state index is 0.0173. The Labute approximate surface area is 342 Å². The third-order valence-corrected chi connectivity index (χ3v) is 12.1. The lowest BCUT2D eigenvalue weighted by atomic mass is 9.49. The fourth-order valence-electron chi connectivity index (χ4n) is 9.23. The molecular weight excluding hydrogens is 820 g/mol. The number of halogens is 5. The number of allylic oxidation sites excluding steroid dienone is 2. The van der Waals surface area contributed by atoms with Crippen molar-refractivity contribution >= 4 is 64.3 Å².